The molecule has 0 heterocycles. The van der Waals surface area contributed by atoms with Gasteiger partial charge in [0.05, 0.1) is 23.0 Å². The first-order valence-corrected chi connectivity index (χ1v) is 13.1. The number of aryl methyl sites for hydroxylation is 6. The molecular formula is C23H30O6S2. The van der Waals surface area contributed by atoms with Crippen molar-refractivity contribution in [1.29, 1.82) is 0 Å². The smallest absolute Gasteiger partial charge is 0.266 e. The second-order valence-electron chi connectivity index (χ2n) is 8.69. The molecule has 0 radical (unpaired) electrons. The third-order valence-corrected chi connectivity index (χ3v) is 8.83. The molecule has 0 aromatic heterocycles. The topological polar surface area (TPSA) is 86.7 Å². The van der Waals surface area contributed by atoms with E-state index in [1.54, 1.807) is 27.7 Å². The predicted molar refractivity (Wildman–Crippen MR) is 119 cm³/mol. The number of hydrogen-bond donors (Lipinski definition) is 0. The summed E-state index contributed by atoms with van der Waals surface area (Å²) in [5.74, 6) is -0.0903. The third-order valence-electron chi connectivity index (χ3n) is 5.65. The van der Waals surface area contributed by atoms with Gasteiger partial charge in [-0.1, -0.05) is 35.4 Å². The highest BCUT2D eigenvalue weighted by atomic mass is 32.2. The SMILES string of the molecule is Cc1cc(C)c(S(=O)(=O)OC[C@@H]2C[C@@H]2COS(=O)(=O)c2c(C)cc(C)cc2C)c(C)c1. The molecule has 31 heavy (non-hydrogen) atoms. The van der Waals surface area contributed by atoms with Gasteiger partial charge in [-0.15, -0.1) is 0 Å². The van der Waals surface area contributed by atoms with Crippen LogP contribution in [0.25, 0.3) is 0 Å². The van der Waals surface area contributed by atoms with Crippen molar-refractivity contribution in [2.24, 2.45) is 11.8 Å². The van der Waals surface area contributed by atoms with E-state index < -0.39 is 20.2 Å². The Balaban J connectivity index is 1.59. The second-order valence-corrected chi connectivity index (χ2v) is 11.8. The molecule has 0 spiro atoms. The van der Waals surface area contributed by atoms with E-state index in [9.17, 15) is 16.8 Å². The Labute approximate surface area is 185 Å². The normalized spacial score (nSPS) is 18.9. The molecule has 2 atom stereocenters. The molecule has 1 aliphatic rings. The van der Waals surface area contributed by atoms with Crippen LogP contribution in [0.3, 0.4) is 0 Å². The maximum Gasteiger partial charge on any atom is 0.297 e. The zero-order chi connectivity index (χ0) is 23.1. The van der Waals surface area contributed by atoms with Crippen molar-refractivity contribution < 1.29 is 25.2 Å². The highest BCUT2D eigenvalue weighted by Crippen LogP contribution is 2.40. The Bertz CT molecular complexity index is 1070. The fraction of sp³-hybridized carbons (Fsp3) is 0.478. The zero-order valence-electron chi connectivity index (χ0n) is 18.9. The van der Waals surface area contributed by atoms with Gasteiger partial charge in [-0.25, -0.2) is 0 Å². The van der Waals surface area contributed by atoms with Crippen LogP contribution < -0.4 is 0 Å². The fourth-order valence-corrected chi connectivity index (χ4v) is 7.07. The monoisotopic (exact) mass is 466 g/mol. The summed E-state index contributed by atoms with van der Waals surface area (Å²) in [4.78, 5) is 0.416. The van der Waals surface area contributed by atoms with E-state index in [0.717, 1.165) is 11.1 Å². The maximum atomic E-state index is 12.7. The van der Waals surface area contributed by atoms with Crippen molar-refractivity contribution in [1.82, 2.24) is 0 Å². The minimum atomic E-state index is -3.88. The second kappa shape index (κ2) is 8.65. The Morgan fingerprint density at radius 3 is 1.23 bits per heavy atom. The third kappa shape index (κ3) is 5.37. The Hall–Kier alpha value is -1.74. The zero-order valence-corrected chi connectivity index (χ0v) is 20.5. The first-order chi connectivity index (χ1) is 14.3. The molecule has 0 aliphatic heterocycles. The van der Waals surface area contributed by atoms with Crippen LogP contribution in [0.2, 0.25) is 0 Å². The van der Waals surface area contributed by atoms with Gasteiger partial charge < -0.3 is 0 Å². The summed E-state index contributed by atoms with van der Waals surface area (Å²) < 4.78 is 61.3. The van der Waals surface area contributed by atoms with Gasteiger partial charge in [-0.3, -0.25) is 8.37 Å². The minimum Gasteiger partial charge on any atom is -0.266 e. The summed E-state index contributed by atoms with van der Waals surface area (Å²) in [6.45, 7) is 10.9. The quantitative estimate of drug-likeness (QED) is 0.540. The predicted octanol–water partition coefficient (Wildman–Crippen LogP) is 4.28. The van der Waals surface area contributed by atoms with Crippen molar-refractivity contribution in [3.05, 3.63) is 57.6 Å². The summed E-state index contributed by atoms with van der Waals surface area (Å²) >= 11 is 0. The molecule has 1 aliphatic carbocycles. The molecule has 0 N–H and O–H groups in total. The van der Waals surface area contributed by atoms with Crippen LogP contribution in [0.1, 0.15) is 39.8 Å². The van der Waals surface area contributed by atoms with Crippen molar-refractivity contribution in [2.75, 3.05) is 13.2 Å². The molecule has 2 aromatic carbocycles. The van der Waals surface area contributed by atoms with E-state index in [4.69, 9.17) is 8.37 Å². The van der Waals surface area contributed by atoms with Crippen molar-refractivity contribution in [2.45, 2.75) is 57.8 Å². The summed E-state index contributed by atoms with van der Waals surface area (Å²) in [5.41, 5.74) is 4.61. The Morgan fingerprint density at radius 2 is 0.935 bits per heavy atom. The Kier molecular flexibility index (Phi) is 6.68. The molecule has 0 saturated heterocycles. The molecule has 3 rings (SSSR count). The maximum absolute atomic E-state index is 12.7. The lowest BCUT2D eigenvalue weighted by molar-refractivity contribution is 0.261. The van der Waals surface area contributed by atoms with Crippen molar-refractivity contribution >= 4 is 20.2 Å². The number of hydrogen-bond acceptors (Lipinski definition) is 6. The van der Waals surface area contributed by atoms with Crippen LogP contribution in [0.5, 0.6) is 0 Å². The van der Waals surface area contributed by atoms with E-state index in [0.29, 0.717) is 28.7 Å². The molecule has 1 fully saturated rings. The van der Waals surface area contributed by atoms with E-state index in [-0.39, 0.29) is 34.8 Å². The highest BCUT2D eigenvalue weighted by Gasteiger charge is 2.40. The first kappa shape index (κ1) is 23.9. The van der Waals surface area contributed by atoms with Gasteiger partial charge in [0.25, 0.3) is 20.2 Å². The first-order valence-electron chi connectivity index (χ1n) is 10.3. The van der Waals surface area contributed by atoms with E-state index >= 15 is 0 Å². The van der Waals surface area contributed by atoms with Crippen LogP contribution in [-0.4, -0.2) is 30.0 Å². The van der Waals surface area contributed by atoms with Gasteiger partial charge in [0, 0.05) is 0 Å². The van der Waals surface area contributed by atoms with Gasteiger partial charge >= 0.3 is 0 Å². The van der Waals surface area contributed by atoms with Gasteiger partial charge in [0.1, 0.15) is 0 Å². The van der Waals surface area contributed by atoms with Crippen LogP contribution in [0.15, 0.2) is 34.1 Å². The van der Waals surface area contributed by atoms with E-state index in [2.05, 4.69) is 0 Å². The van der Waals surface area contributed by atoms with Crippen molar-refractivity contribution in [3.8, 4) is 0 Å². The average molecular weight is 467 g/mol. The summed E-state index contributed by atoms with van der Waals surface area (Å²) in [6.07, 6.45) is 0.669. The Morgan fingerprint density at radius 1 is 0.645 bits per heavy atom. The molecule has 2 aromatic rings. The standard InChI is InChI=1S/C23H30O6S2/c1-14-7-16(3)22(17(4)8-14)30(24,25)28-12-20-11-21(20)13-29-31(26,27)23-18(5)9-15(2)10-19(23)6/h7-10,20-21H,11-13H2,1-6H3/t20-,21+. The number of rotatable bonds is 8. The van der Waals surface area contributed by atoms with Crippen LogP contribution in [0.4, 0.5) is 0 Å². The fourth-order valence-electron chi connectivity index (χ4n) is 4.31. The molecule has 1 saturated carbocycles. The summed E-state index contributed by atoms with van der Waals surface area (Å²) in [5, 5.41) is 0. The number of benzene rings is 2. The van der Waals surface area contributed by atoms with Crippen LogP contribution >= 0.6 is 0 Å². The van der Waals surface area contributed by atoms with E-state index in [1.165, 1.54) is 0 Å². The van der Waals surface area contributed by atoms with Crippen molar-refractivity contribution in [3.63, 3.8) is 0 Å². The van der Waals surface area contributed by atoms with Gasteiger partial charge in [-0.05, 0) is 82.1 Å². The summed E-state index contributed by atoms with van der Waals surface area (Å²) in [7, 11) is -7.76. The summed E-state index contributed by atoms with van der Waals surface area (Å²) in [6, 6.07) is 7.27. The molecule has 6 nitrogen and oxygen atoms in total. The van der Waals surface area contributed by atoms with Gasteiger partial charge in [0.15, 0.2) is 0 Å². The molecule has 0 unspecified atom stereocenters. The van der Waals surface area contributed by atoms with Crippen LogP contribution in [-0.2, 0) is 28.6 Å². The average Bonchev–Trinajstić information content (AvgIpc) is 3.34. The van der Waals surface area contributed by atoms with E-state index in [1.807, 2.05) is 38.1 Å². The largest absolute Gasteiger partial charge is 0.297 e. The lowest BCUT2D eigenvalue weighted by Gasteiger charge is -2.13. The molecule has 170 valence electrons. The molecule has 8 heteroatoms. The minimum absolute atomic E-state index is 0.0196. The molecule has 0 amide bonds. The highest BCUT2D eigenvalue weighted by molar-refractivity contribution is 7.87. The lowest BCUT2D eigenvalue weighted by atomic mass is 10.1. The lowest BCUT2D eigenvalue weighted by Crippen LogP contribution is -2.15. The van der Waals surface area contributed by atoms with Gasteiger partial charge in [-0.2, -0.15) is 16.8 Å². The van der Waals surface area contributed by atoms with Crippen LogP contribution in [0, 0.1) is 53.4 Å². The molecule has 0 bridgehead atoms. The molecular weight excluding hydrogens is 436 g/mol. The van der Waals surface area contributed by atoms with Gasteiger partial charge in [0.2, 0.25) is 0 Å².